The third kappa shape index (κ3) is 3.75. The number of methoxy groups -OCH3 is 3. The molecule has 0 bridgehead atoms. The van der Waals surface area contributed by atoms with Gasteiger partial charge in [-0.05, 0) is 42.2 Å². The van der Waals surface area contributed by atoms with E-state index in [1.54, 1.807) is 21.3 Å². The van der Waals surface area contributed by atoms with Gasteiger partial charge in [-0.1, -0.05) is 42.5 Å². The lowest BCUT2D eigenvalue weighted by atomic mass is 9.78. The van der Waals surface area contributed by atoms with Gasteiger partial charge in [0.15, 0.2) is 17.3 Å². The molecule has 34 heavy (non-hydrogen) atoms. The van der Waals surface area contributed by atoms with E-state index in [-0.39, 0.29) is 11.7 Å². The Kier molecular flexibility index (Phi) is 5.88. The van der Waals surface area contributed by atoms with Gasteiger partial charge in [0.25, 0.3) is 0 Å². The van der Waals surface area contributed by atoms with Gasteiger partial charge in [0.1, 0.15) is 0 Å². The van der Waals surface area contributed by atoms with Gasteiger partial charge in [-0.3, -0.25) is 4.79 Å². The van der Waals surface area contributed by atoms with Crippen molar-refractivity contribution in [2.45, 2.75) is 24.8 Å². The number of carbonyl (C=O) groups excluding carboxylic acids is 1. The van der Waals surface area contributed by atoms with Crippen molar-refractivity contribution in [3.8, 4) is 17.2 Å². The first kappa shape index (κ1) is 21.9. The molecule has 6 heteroatoms. The van der Waals surface area contributed by atoms with E-state index in [0.717, 1.165) is 34.6 Å². The lowest BCUT2D eigenvalue weighted by Crippen LogP contribution is -2.27. The Labute approximate surface area is 199 Å². The van der Waals surface area contributed by atoms with Crippen LogP contribution in [-0.4, -0.2) is 27.1 Å². The Morgan fingerprint density at radius 2 is 1.47 bits per heavy atom. The molecule has 1 heterocycles. The second-order valence-corrected chi connectivity index (χ2v) is 8.50. The Morgan fingerprint density at radius 3 is 2.18 bits per heavy atom. The van der Waals surface area contributed by atoms with E-state index in [1.807, 2.05) is 54.6 Å². The molecule has 1 aliphatic heterocycles. The van der Waals surface area contributed by atoms with Crippen LogP contribution in [-0.2, 0) is 4.79 Å². The number of para-hydroxylation sites is 2. The van der Waals surface area contributed by atoms with Crippen molar-refractivity contribution >= 4 is 17.2 Å². The molecule has 2 aliphatic rings. The molecule has 0 aromatic heterocycles. The number of carbonyl (C=O) groups is 1. The smallest absolute Gasteiger partial charge is 0.203 e. The standard InChI is InChI=1S/C28H28N2O4/c1-32-24-14-13-19(27(33-2)28(24)34-3)26-25-22(29-20-11-7-8-12-21(20)30-26)15-18(16-23(25)31)17-9-5-4-6-10-17/h4-14,18,26,29-30H,15-16H2,1-3H3/t18-,26-/m0/s1. The molecule has 174 valence electrons. The van der Waals surface area contributed by atoms with Crippen LogP contribution in [0.25, 0.3) is 0 Å². The normalized spacial score (nSPS) is 19.2. The number of allylic oxidation sites excluding steroid dienone is 1. The fourth-order valence-corrected chi connectivity index (χ4v) is 5.04. The van der Waals surface area contributed by atoms with E-state index in [4.69, 9.17) is 14.2 Å². The van der Waals surface area contributed by atoms with E-state index >= 15 is 0 Å². The number of fused-ring (bicyclic) bond motifs is 1. The highest BCUT2D eigenvalue weighted by Gasteiger charge is 2.37. The zero-order valence-corrected chi connectivity index (χ0v) is 19.6. The van der Waals surface area contributed by atoms with Gasteiger partial charge in [0.05, 0.1) is 38.7 Å². The Balaban J connectivity index is 1.67. The molecule has 5 rings (SSSR count). The number of rotatable bonds is 5. The number of nitrogens with one attached hydrogen (secondary N) is 2. The average Bonchev–Trinajstić information content (AvgIpc) is 3.05. The summed E-state index contributed by atoms with van der Waals surface area (Å²) in [6, 6.07) is 21.6. The van der Waals surface area contributed by atoms with E-state index in [0.29, 0.717) is 23.7 Å². The van der Waals surface area contributed by atoms with Crippen molar-refractivity contribution in [2.75, 3.05) is 32.0 Å². The highest BCUT2D eigenvalue weighted by atomic mass is 16.5. The summed E-state index contributed by atoms with van der Waals surface area (Å²) in [5.41, 5.74) is 5.52. The summed E-state index contributed by atoms with van der Waals surface area (Å²) in [5.74, 6) is 1.86. The Morgan fingerprint density at radius 1 is 0.765 bits per heavy atom. The highest BCUT2D eigenvalue weighted by molar-refractivity contribution is 6.01. The Hall–Kier alpha value is -3.93. The molecule has 3 aromatic rings. The summed E-state index contributed by atoms with van der Waals surface area (Å²) in [6.45, 7) is 0. The second-order valence-electron chi connectivity index (χ2n) is 8.50. The summed E-state index contributed by atoms with van der Waals surface area (Å²) in [5, 5.41) is 7.19. The van der Waals surface area contributed by atoms with Crippen LogP contribution in [0.5, 0.6) is 17.2 Å². The number of hydrogen-bond acceptors (Lipinski definition) is 6. The monoisotopic (exact) mass is 456 g/mol. The molecule has 0 spiro atoms. The van der Waals surface area contributed by atoms with Crippen molar-refractivity contribution in [3.63, 3.8) is 0 Å². The summed E-state index contributed by atoms with van der Waals surface area (Å²) in [7, 11) is 4.78. The van der Waals surface area contributed by atoms with E-state index in [2.05, 4.69) is 22.8 Å². The van der Waals surface area contributed by atoms with Gasteiger partial charge in [-0.2, -0.15) is 0 Å². The van der Waals surface area contributed by atoms with Crippen LogP contribution in [0.4, 0.5) is 11.4 Å². The van der Waals surface area contributed by atoms with Gasteiger partial charge in [-0.25, -0.2) is 0 Å². The minimum absolute atomic E-state index is 0.116. The van der Waals surface area contributed by atoms with Gasteiger partial charge >= 0.3 is 0 Å². The van der Waals surface area contributed by atoms with Crippen LogP contribution in [0, 0.1) is 0 Å². The van der Waals surface area contributed by atoms with Crippen molar-refractivity contribution in [2.24, 2.45) is 0 Å². The summed E-state index contributed by atoms with van der Waals surface area (Å²) >= 11 is 0. The van der Waals surface area contributed by atoms with E-state index in [1.165, 1.54) is 5.56 Å². The van der Waals surface area contributed by atoms with Gasteiger partial charge in [0.2, 0.25) is 5.75 Å². The minimum Gasteiger partial charge on any atom is -0.493 e. The van der Waals surface area contributed by atoms with Gasteiger partial charge < -0.3 is 24.8 Å². The van der Waals surface area contributed by atoms with Crippen molar-refractivity contribution in [3.05, 3.63) is 89.1 Å². The molecule has 0 amide bonds. The molecular formula is C28H28N2O4. The van der Waals surface area contributed by atoms with Crippen LogP contribution in [0.1, 0.15) is 35.9 Å². The largest absolute Gasteiger partial charge is 0.493 e. The first-order chi connectivity index (χ1) is 16.6. The van der Waals surface area contributed by atoms with Crippen molar-refractivity contribution in [1.29, 1.82) is 0 Å². The number of ether oxygens (including phenoxy) is 3. The van der Waals surface area contributed by atoms with Crippen molar-refractivity contribution < 1.29 is 19.0 Å². The molecule has 2 atom stereocenters. The first-order valence-electron chi connectivity index (χ1n) is 11.4. The maximum Gasteiger partial charge on any atom is 0.203 e. The molecule has 6 nitrogen and oxygen atoms in total. The topological polar surface area (TPSA) is 68.8 Å². The maximum atomic E-state index is 13.7. The molecule has 3 aromatic carbocycles. The van der Waals surface area contributed by atoms with Crippen molar-refractivity contribution in [1.82, 2.24) is 0 Å². The third-order valence-electron chi connectivity index (χ3n) is 6.63. The minimum atomic E-state index is -0.412. The molecule has 2 N–H and O–H groups in total. The molecular weight excluding hydrogens is 428 g/mol. The van der Waals surface area contributed by atoms with Gasteiger partial charge in [-0.15, -0.1) is 0 Å². The van der Waals surface area contributed by atoms with Crippen LogP contribution < -0.4 is 24.8 Å². The molecule has 0 fully saturated rings. The number of anilines is 2. The van der Waals surface area contributed by atoms with E-state index < -0.39 is 6.04 Å². The molecule has 0 radical (unpaired) electrons. The zero-order chi connectivity index (χ0) is 23.7. The molecule has 1 aliphatic carbocycles. The lowest BCUT2D eigenvalue weighted by Gasteiger charge is -2.30. The number of benzene rings is 3. The molecule has 0 saturated carbocycles. The number of Topliss-reactive ketones (excluding diaryl/α,β-unsaturated/α-hetero) is 1. The third-order valence-corrected chi connectivity index (χ3v) is 6.63. The molecule has 0 saturated heterocycles. The van der Waals surface area contributed by atoms with Crippen LogP contribution in [0.3, 0.4) is 0 Å². The summed E-state index contributed by atoms with van der Waals surface area (Å²) in [6.07, 6.45) is 1.20. The SMILES string of the molecule is COc1ccc([C@@H]2Nc3ccccc3NC3=C2C(=O)C[C@@H](c2ccccc2)C3)c(OC)c1OC. The maximum absolute atomic E-state index is 13.7. The zero-order valence-electron chi connectivity index (χ0n) is 19.6. The average molecular weight is 457 g/mol. The summed E-state index contributed by atoms with van der Waals surface area (Å²) in [4.78, 5) is 13.7. The molecule has 0 unspecified atom stereocenters. The summed E-state index contributed by atoms with van der Waals surface area (Å²) < 4.78 is 16.9. The Bertz CT molecular complexity index is 1250. The van der Waals surface area contributed by atoms with Gasteiger partial charge in [0, 0.05) is 23.3 Å². The first-order valence-corrected chi connectivity index (χ1v) is 11.4. The number of hydrogen-bond donors (Lipinski definition) is 2. The fraction of sp³-hybridized carbons (Fsp3) is 0.250. The quantitative estimate of drug-likeness (QED) is 0.514. The predicted molar refractivity (Wildman–Crippen MR) is 133 cm³/mol. The fourth-order valence-electron chi connectivity index (χ4n) is 5.04. The van der Waals surface area contributed by atoms with Crippen LogP contribution in [0.15, 0.2) is 78.0 Å². The van der Waals surface area contributed by atoms with Crippen LogP contribution >= 0.6 is 0 Å². The lowest BCUT2D eigenvalue weighted by molar-refractivity contribution is -0.116. The van der Waals surface area contributed by atoms with Crippen LogP contribution in [0.2, 0.25) is 0 Å². The highest BCUT2D eigenvalue weighted by Crippen LogP contribution is 2.49. The number of ketones is 1. The van der Waals surface area contributed by atoms with E-state index in [9.17, 15) is 4.79 Å². The predicted octanol–water partition coefficient (Wildman–Crippen LogP) is 5.69. The second kappa shape index (κ2) is 9.14.